The third-order valence-electron chi connectivity index (χ3n) is 3.78. The Morgan fingerprint density at radius 3 is 2.90 bits per heavy atom. The first-order valence-electron chi connectivity index (χ1n) is 7.25. The lowest BCUT2D eigenvalue weighted by atomic mass is 10.1. The van der Waals surface area contributed by atoms with Crippen LogP contribution in [0.3, 0.4) is 0 Å². The van der Waals surface area contributed by atoms with Gasteiger partial charge in [-0.25, -0.2) is 0 Å². The average Bonchev–Trinajstić information content (AvgIpc) is 2.91. The highest BCUT2D eigenvalue weighted by Crippen LogP contribution is 2.16. The minimum Gasteiger partial charge on any atom is -0.481 e. The number of carboxylic acids is 1. The zero-order valence-electron chi connectivity index (χ0n) is 12.0. The van der Waals surface area contributed by atoms with Gasteiger partial charge in [-0.05, 0) is 30.9 Å². The van der Waals surface area contributed by atoms with Crippen molar-refractivity contribution in [3.8, 4) is 0 Å². The summed E-state index contributed by atoms with van der Waals surface area (Å²) in [4.78, 5) is 13.0. The molecule has 0 spiro atoms. The van der Waals surface area contributed by atoms with Crippen molar-refractivity contribution in [2.75, 3.05) is 19.7 Å². The normalized spacial score (nSPS) is 18.6. The number of carboxylic acid groups (broad SMARTS) is 1. The molecule has 1 unspecified atom stereocenters. The van der Waals surface area contributed by atoms with Crippen LogP contribution in [-0.4, -0.2) is 41.8 Å². The number of carbonyl (C=O) groups is 1. The number of nitrogens with zero attached hydrogens (tertiary/aromatic N) is 1. The summed E-state index contributed by atoms with van der Waals surface area (Å²) < 4.78 is 5.67. The molecule has 0 aliphatic carbocycles. The Hall–Kier alpha value is -1.39. The van der Waals surface area contributed by atoms with Gasteiger partial charge in [0.05, 0.1) is 12.5 Å². The molecular formula is C16H23NO3. The maximum Gasteiger partial charge on any atom is 0.304 e. The van der Waals surface area contributed by atoms with Gasteiger partial charge >= 0.3 is 5.97 Å². The maximum atomic E-state index is 10.8. The Kier molecular flexibility index (Phi) is 5.56. The fraction of sp³-hybridized carbons (Fsp3) is 0.562. The van der Waals surface area contributed by atoms with Crippen LogP contribution >= 0.6 is 0 Å². The molecule has 0 amide bonds. The monoisotopic (exact) mass is 277 g/mol. The predicted molar refractivity (Wildman–Crippen MR) is 77.7 cm³/mol. The van der Waals surface area contributed by atoms with Crippen molar-refractivity contribution in [1.29, 1.82) is 0 Å². The van der Waals surface area contributed by atoms with Crippen molar-refractivity contribution in [2.45, 2.75) is 38.8 Å². The Morgan fingerprint density at radius 1 is 1.45 bits per heavy atom. The Labute approximate surface area is 120 Å². The highest BCUT2D eigenvalue weighted by Gasteiger charge is 2.20. The van der Waals surface area contributed by atoms with Crippen LogP contribution in [-0.2, 0) is 16.1 Å². The third-order valence-corrected chi connectivity index (χ3v) is 3.78. The van der Waals surface area contributed by atoms with E-state index in [1.54, 1.807) is 0 Å². The van der Waals surface area contributed by atoms with Gasteiger partial charge in [0.1, 0.15) is 0 Å². The zero-order chi connectivity index (χ0) is 14.4. The maximum absolute atomic E-state index is 10.8. The van der Waals surface area contributed by atoms with Gasteiger partial charge in [-0.2, -0.15) is 0 Å². The number of aliphatic carboxylic acids is 1. The number of benzene rings is 1. The molecule has 4 heteroatoms. The minimum atomic E-state index is -0.743. The molecule has 2 rings (SSSR count). The van der Waals surface area contributed by atoms with Gasteiger partial charge in [-0.1, -0.05) is 24.3 Å². The van der Waals surface area contributed by atoms with Crippen LogP contribution in [0.15, 0.2) is 24.3 Å². The fourth-order valence-corrected chi connectivity index (χ4v) is 2.59. The van der Waals surface area contributed by atoms with E-state index in [9.17, 15) is 4.79 Å². The molecular weight excluding hydrogens is 254 g/mol. The van der Waals surface area contributed by atoms with Crippen LogP contribution in [0, 0.1) is 6.92 Å². The van der Waals surface area contributed by atoms with E-state index in [0.29, 0.717) is 6.54 Å². The first kappa shape index (κ1) is 15.0. The second-order valence-corrected chi connectivity index (χ2v) is 5.44. The lowest BCUT2D eigenvalue weighted by Gasteiger charge is -2.25. The van der Waals surface area contributed by atoms with Gasteiger partial charge in [0.15, 0.2) is 0 Å². The van der Waals surface area contributed by atoms with Crippen molar-refractivity contribution in [3.05, 3.63) is 35.4 Å². The number of rotatable bonds is 7. The molecule has 0 radical (unpaired) electrons. The molecule has 1 aromatic carbocycles. The predicted octanol–water partition coefficient (Wildman–Crippen LogP) is 2.45. The fourth-order valence-electron chi connectivity index (χ4n) is 2.59. The van der Waals surface area contributed by atoms with Crippen LogP contribution in [0.1, 0.15) is 30.4 Å². The Balaban J connectivity index is 1.97. The standard InChI is InChI=1S/C16H23NO3/c1-13-5-2-3-6-14(13)11-17(9-8-16(18)19)12-15-7-4-10-20-15/h2-3,5-6,15H,4,7-12H2,1H3,(H,18,19). The van der Waals surface area contributed by atoms with Crippen LogP contribution in [0.25, 0.3) is 0 Å². The second-order valence-electron chi connectivity index (χ2n) is 5.44. The largest absolute Gasteiger partial charge is 0.481 e. The van der Waals surface area contributed by atoms with E-state index in [0.717, 1.165) is 32.5 Å². The summed E-state index contributed by atoms with van der Waals surface area (Å²) in [6.07, 6.45) is 2.63. The van der Waals surface area contributed by atoms with Crippen molar-refractivity contribution < 1.29 is 14.6 Å². The summed E-state index contributed by atoms with van der Waals surface area (Å²) in [5.74, 6) is -0.743. The summed E-state index contributed by atoms with van der Waals surface area (Å²) in [5.41, 5.74) is 2.51. The zero-order valence-corrected chi connectivity index (χ0v) is 12.0. The van der Waals surface area contributed by atoms with E-state index in [2.05, 4.69) is 24.0 Å². The topological polar surface area (TPSA) is 49.8 Å². The minimum absolute atomic E-state index is 0.179. The lowest BCUT2D eigenvalue weighted by molar-refractivity contribution is -0.137. The van der Waals surface area contributed by atoms with Crippen LogP contribution in [0.2, 0.25) is 0 Å². The molecule has 1 atom stereocenters. The summed E-state index contributed by atoms with van der Waals surface area (Å²) in [5, 5.41) is 8.89. The first-order chi connectivity index (χ1) is 9.65. The summed E-state index contributed by atoms with van der Waals surface area (Å²) in [7, 11) is 0. The third kappa shape index (κ3) is 4.62. The number of hydrogen-bond donors (Lipinski definition) is 1. The number of hydrogen-bond acceptors (Lipinski definition) is 3. The van der Waals surface area contributed by atoms with Gasteiger partial charge in [-0.3, -0.25) is 9.69 Å². The highest BCUT2D eigenvalue weighted by molar-refractivity contribution is 5.66. The van der Waals surface area contributed by atoms with Gasteiger partial charge in [0.25, 0.3) is 0 Å². The average molecular weight is 277 g/mol. The second kappa shape index (κ2) is 7.41. The molecule has 1 aliphatic heterocycles. The molecule has 1 saturated heterocycles. The molecule has 20 heavy (non-hydrogen) atoms. The molecule has 1 fully saturated rings. The van der Waals surface area contributed by atoms with E-state index < -0.39 is 5.97 Å². The highest BCUT2D eigenvalue weighted by atomic mass is 16.5. The quantitative estimate of drug-likeness (QED) is 0.831. The van der Waals surface area contributed by atoms with Gasteiger partial charge in [-0.15, -0.1) is 0 Å². The SMILES string of the molecule is Cc1ccccc1CN(CCC(=O)O)CC1CCCO1. The van der Waals surface area contributed by atoms with E-state index in [-0.39, 0.29) is 12.5 Å². The summed E-state index contributed by atoms with van der Waals surface area (Å²) >= 11 is 0. The van der Waals surface area contributed by atoms with Crippen LogP contribution < -0.4 is 0 Å². The van der Waals surface area contributed by atoms with Gasteiger partial charge in [0.2, 0.25) is 0 Å². The van der Waals surface area contributed by atoms with Crippen molar-refractivity contribution >= 4 is 5.97 Å². The Bertz CT molecular complexity index is 441. The molecule has 1 heterocycles. The summed E-state index contributed by atoms with van der Waals surface area (Å²) in [6, 6.07) is 8.26. The van der Waals surface area contributed by atoms with Crippen molar-refractivity contribution in [2.24, 2.45) is 0 Å². The summed E-state index contributed by atoms with van der Waals surface area (Å²) in [6.45, 7) is 5.11. The smallest absolute Gasteiger partial charge is 0.304 e. The number of ether oxygens (including phenoxy) is 1. The van der Waals surface area contributed by atoms with E-state index in [1.807, 2.05) is 12.1 Å². The molecule has 1 N–H and O–H groups in total. The van der Waals surface area contributed by atoms with Crippen molar-refractivity contribution in [3.63, 3.8) is 0 Å². The lowest BCUT2D eigenvalue weighted by Crippen LogP contribution is -2.33. The molecule has 1 aromatic rings. The van der Waals surface area contributed by atoms with Crippen molar-refractivity contribution in [1.82, 2.24) is 4.90 Å². The van der Waals surface area contributed by atoms with Gasteiger partial charge in [0, 0.05) is 26.2 Å². The molecule has 0 bridgehead atoms. The van der Waals surface area contributed by atoms with E-state index >= 15 is 0 Å². The number of aryl methyl sites for hydroxylation is 1. The first-order valence-corrected chi connectivity index (χ1v) is 7.25. The molecule has 4 nitrogen and oxygen atoms in total. The van der Waals surface area contributed by atoms with Crippen LogP contribution in [0.4, 0.5) is 0 Å². The van der Waals surface area contributed by atoms with E-state index in [1.165, 1.54) is 11.1 Å². The van der Waals surface area contributed by atoms with Gasteiger partial charge < -0.3 is 9.84 Å². The molecule has 0 saturated carbocycles. The molecule has 0 aromatic heterocycles. The Morgan fingerprint density at radius 2 is 2.25 bits per heavy atom. The van der Waals surface area contributed by atoms with Crippen LogP contribution in [0.5, 0.6) is 0 Å². The molecule has 110 valence electrons. The van der Waals surface area contributed by atoms with E-state index in [4.69, 9.17) is 9.84 Å². The molecule has 1 aliphatic rings.